The fourth-order valence-corrected chi connectivity index (χ4v) is 2.98. The highest BCUT2D eigenvalue weighted by molar-refractivity contribution is 6.31. The van der Waals surface area contributed by atoms with E-state index in [0.29, 0.717) is 6.04 Å². The molecule has 1 aromatic rings. The number of hydrogen-bond donors (Lipinski definition) is 1. The van der Waals surface area contributed by atoms with Crippen molar-refractivity contribution in [3.05, 3.63) is 28.8 Å². The van der Waals surface area contributed by atoms with Crippen molar-refractivity contribution in [3.63, 3.8) is 0 Å². The molecule has 0 saturated carbocycles. The van der Waals surface area contributed by atoms with E-state index < -0.39 is 0 Å². The molecule has 2 rings (SSSR count). The lowest BCUT2D eigenvalue weighted by Crippen LogP contribution is -2.48. The molecule has 0 spiro atoms. The number of halogens is 1. The van der Waals surface area contributed by atoms with Gasteiger partial charge in [-0.1, -0.05) is 24.6 Å². The number of benzene rings is 1. The standard InChI is InChI=1S/C16H25ClN2O/c1-4-14-10-20-12(3)9-19(14)15-6-5-13(7-11(2)18)16(17)8-15/h5-6,8,11-12,14H,4,7,9-10,18H2,1-3H3. The summed E-state index contributed by atoms with van der Waals surface area (Å²) in [5, 5.41) is 0.814. The Hall–Kier alpha value is -0.770. The lowest BCUT2D eigenvalue weighted by molar-refractivity contribution is 0.0299. The molecule has 3 nitrogen and oxygen atoms in total. The van der Waals surface area contributed by atoms with Crippen LogP contribution in [0.1, 0.15) is 32.8 Å². The molecule has 1 fully saturated rings. The lowest BCUT2D eigenvalue weighted by atomic mass is 10.0. The van der Waals surface area contributed by atoms with Crippen LogP contribution in [0.4, 0.5) is 5.69 Å². The highest BCUT2D eigenvalue weighted by Gasteiger charge is 2.26. The van der Waals surface area contributed by atoms with Gasteiger partial charge in [0.15, 0.2) is 0 Å². The van der Waals surface area contributed by atoms with E-state index in [1.807, 2.05) is 6.92 Å². The van der Waals surface area contributed by atoms with Gasteiger partial charge in [0.2, 0.25) is 0 Å². The van der Waals surface area contributed by atoms with Gasteiger partial charge < -0.3 is 15.4 Å². The van der Waals surface area contributed by atoms with E-state index >= 15 is 0 Å². The van der Waals surface area contributed by atoms with E-state index in [4.69, 9.17) is 22.1 Å². The maximum absolute atomic E-state index is 6.41. The van der Waals surface area contributed by atoms with E-state index in [1.165, 1.54) is 5.69 Å². The average molecular weight is 297 g/mol. The van der Waals surface area contributed by atoms with Crippen LogP contribution in [-0.4, -0.2) is 31.3 Å². The van der Waals surface area contributed by atoms with Crippen molar-refractivity contribution < 1.29 is 4.74 Å². The van der Waals surface area contributed by atoms with Gasteiger partial charge in [0.1, 0.15) is 0 Å². The van der Waals surface area contributed by atoms with E-state index in [2.05, 4.69) is 36.9 Å². The van der Waals surface area contributed by atoms with E-state index in [9.17, 15) is 0 Å². The molecule has 1 aliphatic heterocycles. The summed E-state index contributed by atoms with van der Waals surface area (Å²) in [6, 6.07) is 6.89. The van der Waals surface area contributed by atoms with Crippen LogP contribution in [0, 0.1) is 0 Å². The summed E-state index contributed by atoms with van der Waals surface area (Å²) in [6.45, 7) is 8.02. The summed E-state index contributed by atoms with van der Waals surface area (Å²) in [5.74, 6) is 0. The fraction of sp³-hybridized carbons (Fsp3) is 0.625. The van der Waals surface area contributed by atoms with Crippen LogP contribution in [0.25, 0.3) is 0 Å². The summed E-state index contributed by atoms with van der Waals surface area (Å²) in [4.78, 5) is 2.41. The molecule has 112 valence electrons. The van der Waals surface area contributed by atoms with Gasteiger partial charge in [0, 0.05) is 23.3 Å². The first-order valence-corrected chi connectivity index (χ1v) is 7.81. The largest absolute Gasteiger partial charge is 0.375 e. The number of hydrogen-bond acceptors (Lipinski definition) is 3. The highest BCUT2D eigenvalue weighted by atomic mass is 35.5. The molecular weight excluding hydrogens is 272 g/mol. The van der Waals surface area contributed by atoms with Crippen LogP contribution < -0.4 is 10.6 Å². The van der Waals surface area contributed by atoms with Crippen LogP contribution in [0.3, 0.4) is 0 Å². The second kappa shape index (κ2) is 6.79. The third-order valence-electron chi connectivity index (χ3n) is 3.85. The van der Waals surface area contributed by atoms with Gasteiger partial charge in [-0.2, -0.15) is 0 Å². The zero-order valence-electron chi connectivity index (χ0n) is 12.6. The molecule has 0 aliphatic carbocycles. The molecular formula is C16H25ClN2O. The lowest BCUT2D eigenvalue weighted by Gasteiger charge is -2.40. The molecule has 3 atom stereocenters. The Labute approximate surface area is 127 Å². The van der Waals surface area contributed by atoms with Gasteiger partial charge in [-0.3, -0.25) is 0 Å². The van der Waals surface area contributed by atoms with Gasteiger partial charge in [-0.15, -0.1) is 0 Å². The number of ether oxygens (including phenoxy) is 1. The smallest absolute Gasteiger partial charge is 0.0723 e. The highest BCUT2D eigenvalue weighted by Crippen LogP contribution is 2.28. The van der Waals surface area contributed by atoms with Crippen molar-refractivity contribution in [2.45, 2.75) is 51.8 Å². The summed E-state index contributed by atoms with van der Waals surface area (Å²) < 4.78 is 5.75. The zero-order chi connectivity index (χ0) is 14.7. The Balaban J connectivity index is 2.20. The predicted molar refractivity (Wildman–Crippen MR) is 85.6 cm³/mol. The quantitative estimate of drug-likeness (QED) is 0.927. The summed E-state index contributed by atoms with van der Waals surface area (Å²) in [6.07, 6.45) is 2.15. The maximum atomic E-state index is 6.41. The van der Waals surface area contributed by atoms with Crippen molar-refractivity contribution >= 4 is 17.3 Å². The number of nitrogens with zero attached hydrogens (tertiary/aromatic N) is 1. The summed E-state index contributed by atoms with van der Waals surface area (Å²) in [7, 11) is 0. The molecule has 0 radical (unpaired) electrons. The molecule has 4 heteroatoms. The Kier molecular flexibility index (Phi) is 5.30. The zero-order valence-corrected chi connectivity index (χ0v) is 13.4. The topological polar surface area (TPSA) is 38.5 Å². The first-order valence-electron chi connectivity index (χ1n) is 7.43. The minimum Gasteiger partial charge on any atom is -0.375 e. The number of nitrogens with two attached hydrogens (primary N) is 1. The molecule has 1 aliphatic rings. The minimum atomic E-state index is 0.130. The molecule has 0 aromatic heterocycles. The van der Waals surface area contributed by atoms with Crippen LogP contribution in [0.2, 0.25) is 5.02 Å². The molecule has 3 unspecified atom stereocenters. The van der Waals surface area contributed by atoms with Crippen LogP contribution >= 0.6 is 11.6 Å². The summed E-state index contributed by atoms with van der Waals surface area (Å²) in [5.41, 5.74) is 8.16. The molecule has 20 heavy (non-hydrogen) atoms. The third-order valence-corrected chi connectivity index (χ3v) is 4.20. The normalized spacial score (nSPS) is 24.8. The first-order chi connectivity index (χ1) is 9.51. The van der Waals surface area contributed by atoms with Gasteiger partial charge in [-0.05, 0) is 44.4 Å². The van der Waals surface area contributed by atoms with Crippen molar-refractivity contribution in [2.75, 3.05) is 18.1 Å². The van der Waals surface area contributed by atoms with E-state index in [-0.39, 0.29) is 12.1 Å². The van der Waals surface area contributed by atoms with E-state index in [1.54, 1.807) is 0 Å². The second-order valence-electron chi connectivity index (χ2n) is 5.82. The average Bonchev–Trinajstić information content (AvgIpc) is 2.40. The molecule has 1 saturated heterocycles. The van der Waals surface area contributed by atoms with Crippen LogP contribution in [0.15, 0.2) is 18.2 Å². The number of anilines is 1. The van der Waals surface area contributed by atoms with E-state index in [0.717, 1.165) is 36.6 Å². The molecule has 1 aromatic carbocycles. The molecule has 0 bridgehead atoms. The number of rotatable bonds is 4. The van der Waals surface area contributed by atoms with Crippen molar-refractivity contribution in [3.8, 4) is 0 Å². The SMILES string of the molecule is CCC1COC(C)CN1c1ccc(CC(C)N)c(Cl)c1. The third kappa shape index (κ3) is 3.66. The second-order valence-corrected chi connectivity index (χ2v) is 6.22. The first kappa shape index (κ1) is 15.6. The van der Waals surface area contributed by atoms with Gasteiger partial charge in [-0.25, -0.2) is 0 Å². The van der Waals surface area contributed by atoms with Crippen LogP contribution in [0.5, 0.6) is 0 Å². The fourth-order valence-electron chi connectivity index (χ4n) is 2.73. The van der Waals surface area contributed by atoms with Gasteiger partial charge >= 0.3 is 0 Å². The molecule has 1 heterocycles. The molecule has 0 amide bonds. The van der Waals surface area contributed by atoms with Crippen molar-refractivity contribution in [1.29, 1.82) is 0 Å². The number of morpholine rings is 1. The maximum Gasteiger partial charge on any atom is 0.0723 e. The minimum absolute atomic E-state index is 0.130. The summed E-state index contributed by atoms with van der Waals surface area (Å²) >= 11 is 6.41. The van der Waals surface area contributed by atoms with Crippen molar-refractivity contribution in [2.24, 2.45) is 5.73 Å². The Morgan fingerprint density at radius 1 is 1.50 bits per heavy atom. The Bertz CT molecular complexity index is 450. The van der Waals surface area contributed by atoms with Crippen molar-refractivity contribution in [1.82, 2.24) is 0 Å². The van der Waals surface area contributed by atoms with Gasteiger partial charge in [0.25, 0.3) is 0 Å². The van der Waals surface area contributed by atoms with Crippen LogP contribution in [-0.2, 0) is 11.2 Å². The molecule has 2 N–H and O–H groups in total. The Morgan fingerprint density at radius 2 is 2.25 bits per heavy atom. The monoisotopic (exact) mass is 296 g/mol. The van der Waals surface area contributed by atoms with Gasteiger partial charge in [0.05, 0.1) is 18.8 Å². The predicted octanol–water partition coefficient (Wildman–Crippen LogP) is 3.23. The Morgan fingerprint density at radius 3 is 2.85 bits per heavy atom.